The maximum absolute atomic E-state index is 13.5. The SMILES string of the molecule is COc1ccc(N2CCN(C(=O)C3CCN(S(=O)(=O)c4cc(C(C)C)ccc4OC)CC3)CC2)cc1. The molecule has 8 nitrogen and oxygen atoms in total. The number of carbonyl (C=O) groups excluding carboxylic acids is 1. The molecule has 9 heteroatoms. The second kappa shape index (κ2) is 11.1. The van der Waals surface area contributed by atoms with Crippen LogP contribution < -0.4 is 14.4 Å². The zero-order valence-electron chi connectivity index (χ0n) is 21.6. The van der Waals surface area contributed by atoms with E-state index in [1.54, 1.807) is 19.2 Å². The summed E-state index contributed by atoms with van der Waals surface area (Å²) in [6.07, 6.45) is 1.06. The van der Waals surface area contributed by atoms with Crippen molar-refractivity contribution in [3.05, 3.63) is 48.0 Å². The number of piperidine rings is 1. The molecule has 0 aromatic heterocycles. The van der Waals surface area contributed by atoms with E-state index in [0.717, 1.165) is 30.1 Å². The van der Waals surface area contributed by atoms with Crippen LogP contribution >= 0.6 is 0 Å². The van der Waals surface area contributed by atoms with Gasteiger partial charge in [-0.05, 0) is 60.7 Å². The number of anilines is 1. The number of nitrogens with zero attached hydrogens (tertiary/aromatic N) is 3. The van der Waals surface area contributed by atoms with E-state index in [9.17, 15) is 13.2 Å². The minimum atomic E-state index is -3.71. The highest BCUT2D eigenvalue weighted by molar-refractivity contribution is 7.89. The summed E-state index contributed by atoms with van der Waals surface area (Å²) < 4.78 is 39.0. The lowest BCUT2D eigenvalue weighted by Gasteiger charge is -2.39. The van der Waals surface area contributed by atoms with Crippen LogP contribution in [0.3, 0.4) is 0 Å². The highest BCUT2D eigenvalue weighted by Gasteiger charge is 2.36. The molecule has 0 bridgehead atoms. The molecule has 2 aliphatic rings. The minimum absolute atomic E-state index is 0.140. The van der Waals surface area contributed by atoms with Gasteiger partial charge >= 0.3 is 0 Å². The van der Waals surface area contributed by atoms with Gasteiger partial charge in [0.15, 0.2) is 0 Å². The quantitative estimate of drug-likeness (QED) is 0.561. The van der Waals surface area contributed by atoms with Crippen LogP contribution in [-0.4, -0.2) is 77.0 Å². The Balaban J connectivity index is 1.35. The molecule has 36 heavy (non-hydrogen) atoms. The van der Waals surface area contributed by atoms with Crippen molar-refractivity contribution in [1.82, 2.24) is 9.21 Å². The Morgan fingerprint density at radius 1 is 0.889 bits per heavy atom. The number of ether oxygens (including phenoxy) is 2. The number of rotatable bonds is 7. The number of sulfonamides is 1. The summed E-state index contributed by atoms with van der Waals surface area (Å²) in [4.78, 5) is 17.6. The molecule has 0 N–H and O–H groups in total. The number of benzene rings is 2. The van der Waals surface area contributed by atoms with Crippen LogP contribution in [0.25, 0.3) is 0 Å². The predicted molar refractivity (Wildman–Crippen MR) is 140 cm³/mol. The van der Waals surface area contributed by atoms with Gasteiger partial charge in [0.1, 0.15) is 16.4 Å². The third kappa shape index (κ3) is 5.47. The second-order valence-corrected chi connectivity index (χ2v) is 11.7. The molecule has 0 atom stereocenters. The topological polar surface area (TPSA) is 79.4 Å². The minimum Gasteiger partial charge on any atom is -0.497 e. The number of hydrogen-bond acceptors (Lipinski definition) is 6. The van der Waals surface area contributed by atoms with Crippen LogP contribution in [-0.2, 0) is 14.8 Å². The summed E-state index contributed by atoms with van der Waals surface area (Å²) in [5.41, 5.74) is 2.08. The van der Waals surface area contributed by atoms with Crippen molar-refractivity contribution in [1.29, 1.82) is 0 Å². The Morgan fingerprint density at radius 2 is 1.53 bits per heavy atom. The summed E-state index contributed by atoms with van der Waals surface area (Å²) >= 11 is 0. The van der Waals surface area contributed by atoms with Crippen LogP contribution in [0.4, 0.5) is 5.69 Å². The molecular weight excluding hydrogens is 478 g/mol. The first-order valence-electron chi connectivity index (χ1n) is 12.6. The maximum atomic E-state index is 13.5. The van der Waals surface area contributed by atoms with Crippen LogP contribution in [0.1, 0.15) is 38.2 Å². The summed E-state index contributed by atoms with van der Waals surface area (Å²) in [6, 6.07) is 13.3. The lowest BCUT2D eigenvalue weighted by atomic mass is 9.96. The van der Waals surface area contributed by atoms with Gasteiger partial charge in [0.05, 0.1) is 14.2 Å². The van der Waals surface area contributed by atoms with Crippen molar-refractivity contribution >= 4 is 21.6 Å². The van der Waals surface area contributed by atoms with E-state index in [-0.39, 0.29) is 22.6 Å². The average molecular weight is 516 g/mol. The first-order chi connectivity index (χ1) is 17.2. The molecule has 2 aromatic carbocycles. The monoisotopic (exact) mass is 515 g/mol. The van der Waals surface area contributed by atoms with Crippen molar-refractivity contribution in [3.8, 4) is 11.5 Å². The molecule has 0 unspecified atom stereocenters. The third-order valence-corrected chi connectivity index (χ3v) is 9.22. The molecular formula is C27H37N3O5S. The van der Waals surface area contributed by atoms with Crippen molar-refractivity contribution in [2.45, 2.75) is 37.5 Å². The average Bonchev–Trinajstić information content (AvgIpc) is 2.92. The maximum Gasteiger partial charge on any atom is 0.246 e. The van der Waals surface area contributed by atoms with Crippen LogP contribution in [0.15, 0.2) is 47.4 Å². The summed E-state index contributed by atoms with van der Waals surface area (Å²) in [7, 11) is -0.568. The molecule has 0 saturated carbocycles. The summed E-state index contributed by atoms with van der Waals surface area (Å²) in [5.74, 6) is 1.38. The molecule has 1 amide bonds. The number of piperazine rings is 1. The smallest absolute Gasteiger partial charge is 0.246 e. The van der Waals surface area contributed by atoms with Crippen LogP contribution in [0, 0.1) is 5.92 Å². The van der Waals surface area contributed by atoms with Gasteiger partial charge in [-0.1, -0.05) is 19.9 Å². The van der Waals surface area contributed by atoms with Crippen molar-refractivity contribution in [2.75, 3.05) is 58.4 Å². The highest BCUT2D eigenvalue weighted by Crippen LogP contribution is 2.33. The van der Waals surface area contributed by atoms with E-state index in [1.807, 2.05) is 49.1 Å². The lowest BCUT2D eigenvalue weighted by Crippen LogP contribution is -2.52. The predicted octanol–water partition coefficient (Wildman–Crippen LogP) is 3.58. The fourth-order valence-corrected chi connectivity index (χ4v) is 6.63. The van der Waals surface area contributed by atoms with Gasteiger partial charge in [-0.25, -0.2) is 8.42 Å². The van der Waals surface area contributed by atoms with Gasteiger partial charge in [-0.15, -0.1) is 0 Å². The normalized spacial score (nSPS) is 17.9. The Labute approximate surface area is 214 Å². The first-order valence-corrected chi connectivity index (χ1v) is 14.0. The van der Waals surface area contributed by atoms with E-state index >= 15 is 0 Å². The fourth-order valence-electron chi connectivity index (χ4n) is 4.97. The fraction of sp³-hybridized carbons (Fsp3) is 0.519. The van der Waals surface area contributed by atoms with Crippen LogP contribution in [0.5, 0.6) is 11.5 Å². The zero-order chi connectivity index (χ0) is 25.9. The molecule has 2 heterocycles. The van der Waals surface area contributed by atoms with Crippen molar-refractivity contribution < 1.29 is 22.7 Å². The molecule has 0 radical (unpaired) electrons. The largest absolute Gasteiger partial charge is 0.497 e. The standard InChI is InChI=1S/C27H37N3O5S/c1-20(2)22-5-10-25(35-4)26(19-22)36(32,33)30-13-11-21(12-14-30)27(31)29-17-15-28(16-18-29)23-6-8-24(34-3)9-7-23/h5-10,19-21H,11-18H2,1-4H3. The molecule has 2 saturated heterocycles. The number of carbonyl (C=O) groups is 1. The Bertz CT molecular complexity index is 1150. The Kier molecular flexibility index (Phi) is 8.10. The zero-order valence-corrected chi connectivity index (χ0v) is 22.5. The van der Waals surface area contributed by atoms with E-state index in [4.69, 9.17) is 9.47 Å². The van der Waals surface area contributed by atoms with Crippen molar-refractivity contribution in [2.24, 2.45) is 5.92 Å². The molecule has 0 aliphatic carbocycles. The van der Waals surface area contributed by atoms with Gasteiger partial charge in [0.25, 0.3) is 0 Å². The molecule has 2 aliphatic heterocycles. The second-order valence-electron chi connectivity index (χ2n) is 9.75. The third-order valence-electron chi connectivity index (χ3n) is 7.30. The van der Waals surface area contributed by atoms with Crippen LogP contribution in [0.2, 0.25) is 0 Å². The number of methoxy groups -OCH3 is 2. The highest BCUT2D eigenvalue weighted by atomic mass is 32.2. The molecule has 4 rings (SSSR count). The van der Waals surface area contributed by atoms with Gasteiger partial charge in [-0.3, -0.25) is 4.79 Å². The van der Waals surface area contributed by atoms with Gasteiger partial charge in [0.2, 0.25) is 15.9 Å². The summed E-state index contributed by atoms with van der Waals surface area (Å²) in [5, 5.41) is 0. The van der Waals surface area contributed by atoms with Gasteiger partial charge in [0, 0.05) is 50.9 Å². The Hall–Kier alpha value is -2.78. The first kappa shape index (κ1) is 26.3. The van der Waals surface area contributed by atoms with E-state index in [0.29, 0.717) is 44.8 Å². The number of amides is 1. The van der Waals surface area contributed by atoms with E-state index in [1.165, 1.54) is 11.4 Å². The van der Waals surface area contributed by atoms with E-state index in [2.05, 4.69) is 4.90 Å². The van der Waals surface area contributed by atoms with E-state index < -0.39 is 10.0 Å². The molecule has 2 fully saturated rings. The van der Waals surface area contributed by atoms with Gasteiger partial charge in [-0.2, -0.15) is 4.31 Å². The van der Waals surface area contributed by atoms with Gasteiger partial charge < -0.3 is 19.3 Å². The molecule has 196 valence electrons. The van der Waals surface area contributed by atoms with Crippen molar-refractivity contribution in [3.63, 3.8) is 0 Å². The Morgan fingerprint density at radius 3 is 2.08 bits per heavy atom. The number of hydrogen-bond donors (Lipinski definition) is 0. The molecule has 2 aromatic rings. The summed E-state index contributed by atoms with van der Waals surface area (Å²) in [6.45, 7) is 7.62. The molecule has 0 spiro atoms. The lowest BCUT2D eigenvalue weighted by molar-refractivity contribution is -0.137.